The maximum atomic E-state index is 12.2. The van der Waals surface area contributed by atoms with Gasteiger partial charge in [-0.05, 0) is 50.2 Å². The number of halogens is 1. The molecule has 0 atom stereocenters. The number of nitrogens with one attached hydrogen (secondary N) is 2. The van der Waals surface area contributed by atoms with E-state index in [-0.39, 0.29) is 19.4 Å². The first-order chi connectivity index (χ1) is 13.9. The zero-order valence-corrected chi connectivity index (χ0v) is 17.5. The number of fused-ring (bicyclic) bond motifs is 1. The molecule has 0 aromatic heterocycles. The van der Waals surface area contributed by atoms with E-state index in [2.05, 4.69) is 31.8 Å². The van der Waals surface area contributed by atoms with Crippen LogP contribution in [0.2, 0.25) is 0 Å². The molecule has 152 valence electrons. The van der Waals surface area contributed by atoms with E-state index in [0.29, 0.717) is 28.4 Å². The van der Waals surface area contributed by atoms with E-state index in [9.17, 15) is 9.59 Å². The minimum atomic E-state index is -0.461. The van der Waals surface area contributed by atoms with Crippen molar-refractivity contribution in [1.29, 1.82) is 0 Å². The van der Waals surface area contributed by atoms with E-state index in [1.54, 1.807) is 18.2 Å². The van der Waals surface area contributed by atoms with Crippen molar-refractivity contribution in [1.82, 2.24) is 10.7 Å². The van der Waals surface area contributed by atoms with Gasteiger partial charge in [-0.15, -0.1) is 0 Å². The maximum Gasteiger partial charge on any atom is 0.259 e. The fourth-order valence-corrected chi connectivity index (χ4v) is 2.87. The van der Waals surface area contributed by atoms with Gasteiger partial charge < -0.3 is 19.5 Å². The minimum Gasteiger partial charge on any atom is -0.490 e. The van der Waals surface area contributed by atoms with Crippen molar-refractivity contribution < 1.29 is 23.8 Å². The van der Waals surface area contributed by atoms with Gasteiger partial charge in [-0.3, -0.25) is 9.59 Å². The van der Waals surface area contributed by atoms with Crippen molar-refractivity contribution in [2.24, 2.45) is 5.10 Å². The highest BCUT2D eigenvalue weighted by atomic mass is 79.9. The van der Waals surface area contributed by atoms with Crippen molar-refractivity contribution in [3.8, 4) is 17.2 Å². The molecular formula is C20H20BrN3O5. The van der Waals surface area contributed by atoms with Crippen LogP contribution < -0.4 is 25.0 Å². The fourth-order valence-electron chi connectivity index (χ4n) is 2.50. The Hall–Kier alpha value is -3.07. The molecule has 2 aromatic rings. The lowest BCUT2D eigenvalue weighted by atomic mass is 10.2. The van der Waals surface area contributed by atoms with Crippen LogP contribution >= 0.6 is 15.9 Å². The lowest BCUT2D eigenvalue weighted by Crippen LogP contribution is -2.34. The summed E-state index contributed by atoms with van der Waals surface area (Å²) in [5, 5.41) is 6.47. The van der Waals surface area contributed by atoms with Crippen LogP contribution in [0.3, 0.4) is 0 Å². The Balaban J connectivity index is 1.52. The van der Waals surface area contributed by atoms with Gasteiger partial charge in [0, 0.05) is 15.6 Å². The summed E-state index contributed by atoms with van der Waals surface area (Å²) < 4.78 is 17.0. The van der Waals surface area contributed by atoms with Gasteiger partial charge in [0.25, 0.3) is 11.8 Å². The second-order valence-corrected chi connectivity index (χ2v) is 7.31. The summed E-state index contributed by atoms with van der Waals surface area (Å²) in [7, 11) is 0. The van der Waals surface area contributed by atoms with Gasteiger partial charge in [0.05, 0.1) is 18.9 Å². The van der Waals surface area contributed by atoms with Gasteiger partial charge in [0.15, 0.2) is 11.5 Å². The zero-order valence-electron chi connectivity index (χ0n) is 15.9. The third-order valence-electron chi connectivity index (χ3n) is 3.77. The number of hydrogen-bond acceptors (Lipinski definition) is 6. The number of nitrogens with zero attached hydrogens (tertiary/aromatic N) is 1. The predicted molar refractivity (Wildman–Crippen MR) is 111 cm³/mol. The highest BCUT2D eigenvalue weighted by Gasteiger charge is 2.16. The van der Waals surface area contributed by atoms with Gasteiger partial charge in [-0.1, -0.05) is 15.9 Å². The molecule has 29 heavy (non-hydrogen) atoms. The molecule has 3 rings (SSSR count). The van der Waals surface area contributed by atoms with E-state index in [1.807, 2.05) is 32.0 Å². The lowest BCUT2D eigenvalue weighted by Gasteiger charge is -2.12. The molecule has 0 fully saturated rings. The summed E-state index contributed by atoms with van der Waals surface area (Å²) in [5.41, 5.74) is 3.46. The molecule has 1 aliphatic heterocycles. The maximum absolute atomic E-state index is 12.2. The Morgan fingerprint density at radius 2 is 2.00 bits per heavy atom. The molecule has 0 spiro atoms. The topological polar surface area (TPSA) is 98.2 Å². The predicted octanol–water partition coefficient (Wildman–Crippen LogP) is 2.85. The summed E-state index contributed by atoms with van der Waals surface area (Å²) >= 11 is 3.40. The number of benzene rings is 2. The average molecular weight is 462 g/mol. The Bertz CT molecular complexity index is 946. The molecule has 0 radical (unpaired) electrons. The summed E-state index contributed by atoms with van der Waals surface area (Å²) in [5.74, 6) is 0.873. The monoisotopic (exact) mass is 461 g/mol. The summed E-state index contributed by atoms with van der Waals surface area (Å²) in [6, 6.07) is 10.3. The normalized spacial score (nSPS) is 12.3. The lowest BCUT2D eigenvalue weighted by molar-refractivity contribution is -0.120. The Morgan fingerprint density at radius 3 is 2.79 bits per heavy atom. The summed E-state index contributed by atoms with van der Waals surface area (Å²) in [6.45, 7) is 3.75. The van der Waals surface area contributed by atoms with E-state index in [0.717, 1.165) is 4.47 Å². The van der Waals surface area contributed by atoms with Gasteiger partial charge in [-0.2, -0.15) is 5.10 Å². The molecule has 0 aliphatic carbocycles. The molecule has 0 saturated heterocycles. The Labute approximate surface area is 176 Å². The first-order valence-electron chi connectivity index (χ1n) is 8.88. The molecule has 2 N–H and O–H groups in total. The first-order valence-corrected chi connectivity index (χ1v) is 9.67. The van der Waals surface area contributed by atoms with Gasteiger partial charge in [-0.25, -0.2) is 5.43 Å². The van der Waals surface area contributed by atoms with E-state index >= 15 is 0 Å². The molecule has 8 nitrogen and oxygen atoms in total. The molecular weight excluding hydrogens is 442 g/mol. The van der Waals surface area contributed by atoms with Crippen LogP contribution in [-0.4, -0.2) is 37.5 Å². The summed E-state index contributed by atoms with van der Waals surface area (Å²) in [6.07, 6.45) is 1.49. The highest BCUT2D eigenvalue weighted by Crippen LogP contribution is 2.32. The van der Waals surface area contributed by atoms with Gasteiger partial charge in [0.1, 0.15) is 5.75 Å². The van der Waals surface area contributed by atoms with E-state index < -0.39 is 11.8 Å². The van der Waals surface area contributed by atoms with Crippen molar-refractivity contribution in [2.45, 2.75) is 20.0 Å². The average Bonchev–Trinajstić information content (AvgIpc) is 3.15. The highest BCUT2D eigenvalue weighted by molar-refractivity contribution is 9.10. The third kappa shape index (κ3) is 5.71. The quantitative estimate of drug-likeness (QED) is 0.487. The standard InChI is InChI=1S/C20H20BrN3O5/c1-12(2)29-16-6-4-15(21)7-14(16)9-23-24-19(25)10-22-20(26)13-3-5-17-18(8-13)28-11-27-17/h3-9,12H,10-11H2,1-2H3,(H,22,26)(H,24,25)/b23-9+. The number of carbonyl (C=O) groups is 2. The second kappa shape index (κ2) is 9.42. The van der Waals surface area contributed by atoms with Crippen LogP contribution in [0.1, 0.15) is 29.8 Å². The van der Waals surface area contributed by atoms with Crippen LogP contribution in [-0.2, 0) is 4.79 Å². The molecule has 1 aliphatic rings. The number of hydrogen-bond donors (Lipinski definition) is 2. The van der Waals surface area contributed by atoms with Crippen LogP contribution in [0, 0.1) is 0 Å². The van der Waals surface area contributed by atoms with Crippen LogP contribution in [0.15, 0.2) is 46.0 Å². The number of rotatable bonds is 7. The van der Waals surface area contributed by atoms with Crippen LogP contribution in [0.25, 0.3) is 0 Å². The van der Waals surface area contributed by atoms with E-state index in [1.165, 1.54) is 6.21 Å². The molecule has 2 aromatic carbocycles. The van der Waals surface area contributed by atoms with Crippen molar-refractivity contribution in [2.75, 3.05) is 13.3 Å². The molecule has 0 saturated carbocycles. The Morgan fingerprint density at radius 1 is 1.21 bits per heavy atom. The molecule has 2 amide bonds. The second-order valence-electron chi connectivity index (χ2n) is 6.39. The van der Waals surface area contributed by atoms with Gasteiger partial charge in [0.2, 0.25) is 6.79 Å². The first kappa shape index (κ1) is 20.7. The summed E-state index contributed by atoms with van der Waals surface area (Å²) in [4.78, 5) is 24.1. The number of carbonyl (C=O) groups excluding carboxylic acids is 2. The largest absolute Gasteiger partial charge is 0.490 e. The minimum absolute atomic E-state index is 0.00399. The molecule has 0 bridgehead atoms. The van der Waals surface area contributed by atoms with Gasteiger partial charge >= 0.3 is 0 Å². The number of ether oxygens (including phenoxy) is 3. The Kier molecular flexibility index (Phi) is 6.71. The molecule has 1 heterocycles. The zero-order chi connectivity index (χ0) is 20.8. The van der Waals surface area contributed by atoms with Crippen molar-refractivity contribution in [3.05, 3.63) is 52.0 Å². The van der Waals surface area contributed by atoms with Crippen molar-refractivity contribution in [3.63, 3.8) is 0 Å². The SMILES string of the molecule is CC(C)Oc1ccc(Br)cc1/C=N/NC(=O)CNC(=O)c1ccc2c(c1)OCO2. The van der Waals surface area contributed by atoms with Crippen molar-refractivity contribution >= 4 is 34.0 Å². The van der Waals surface area contributed by atoms with E-state index in [4.69, 9.17) is 14.2 Å². The molecule has 9 heteroatoms. The fraction of sp³-hybridized carbons (Fsp3) is 0.250. The number of hydrazone groups is 1. The number of amides is 2. The van der Waals surface area contributed by atoms with Crippen LogP contribution in [0.4, 0.5) is 0 Å². The third-order valence-corrected chi connectivity index (χ3v) is 4.26. The van der Waals surface area contributed by atoms with Crippen LogP contribution in [0.5, 0.6) is 17.2 Å². The smallest absolute Gasteiger partial charge is 0.259 e. The molecule has 0 unspecified atom stereocenters.